The van der Waals surface area contributed by atoms with Gasteiger partial charge >= 0.3 is 0 Å². The predicted octanol–water partition coefficient (Wildman–Crippen LogP) is 2.78. The van der Waals surface area contributed by atoms with Gasteiger partial charge in [-0.1, -0.05) is 13.8 Å². The normalized spacial score (nSPS) is 18.6. The summed E-state index contributed by atoms with van der Waals surface area (Å²) in [6, 6.07) is 2.90. The summed E-state index contributed by atoms with van der Waals surface area (Å²) in [5.41, 5.74) is 0.335. The lowest BCUT2D eigenvalue weighted by atomic mass is 10.0. The van der Waals surface area contributed by atoms with Crippen molar-refractivity contribution < 1.29 is 0 Å². The first-order valence-electron chi connectivity index (χ1n) is 7.48. The summed E-state index contributed by atoms with van der Waals surface area (Å²) in [6.45, 7) is 11.3. The van der Waals surface area contributed by atoms with E-state index in [1.54, 1.807) is 0 Å². The highest BCUT2D eigenvalue weighted by atomic mass is 15.1. The van der Waals surface area contributed by atoms with E-state index in [9.17, 15) is 0 Å². The van der Waals surface area contributed by atoms with E-state index < -0.39 is 0 Å². The van der Waals surface area contributed by atoms with Crippen LogP contribution in [0.25, 0.3) is 0 Å². The summed E-state index contributed by atoms with van der Waals surface area (Å²) in [6.07, 6.45) is 5.70. The second kappa shape index (κ2) is 7.76. The Morgan fingerprint density at radius 3 is 2.50 bits per heavy atom. The highest BCUT2D eigenvalue weighted by molar-refractivity contribution is 5.00. The first-order chi connectivity index (χ1) is 8.65. The maximum absolute atomic E-state index is 8.78. The van der Waals surface area contributed by atoms with Gasteiger partial charge in [-0.25, -0.2) is 0 Å². The van der Waals surface area contributed by atoms with E-state index in [4.69, 9.17) is 5.26 Å². The molecule has 3 heteroatoms. The van der Waals surface area contributed by atoms with Crippen LogP contribution in [0.3, 0.4) is 0 Å². The van der Waals surface area contributed by atoms with Crippen LogP contribution in [0.15, 0.2) is 0 Å². The fourth-order valence-electron chi connectivity index (χ4n) is 2.41. The molecule has 0 amide bonds. The lowest BCUT2D eigenvalue weighted by Gasteiger charge is -2.21. The number of nitrogens with zero attached hydrogens (tertiary/aromatic N) is 2. The molecule has 18 heavy (non-hydrogen) atoms. The standard InChI is InChI=1S/C15H29N3/c1-4-18(5-2)12-6-7-14(3)17-13-15(8-9-15)10-11-16/h14,17H,4-10,12-13H2,1-3H3. The minimum absolute atomic E-state index is 0.335. The van der Waals surface area contributed by atoms with Gasteiger partial charge in [0.05, 0.1) is 6.07 Å². The van der Waals surface area contributed by atoms with Crippen LogP contribution >= 0.6 is 0 Å². The van der Waals surface area contributed by atoms with Crippen molar-refractivity contribution in [3.8, 4) is 6.07 Å². The molecule has 1 fully saturated rings. The molecule has 0 spiro atoms. The largest absolute Gasteiger partial charge is 0.314 e. The van der Waals surface area contributed by atoms with Crippen LogP contribution in [0.2, 0.25) is 0 Å². The van der Waals surface area contributed by atoms with Crippen molar-refractivity contribution in [1.29, 1.82) is 5.26 Å². The van der Waals surface area contributed by atoms with Crippen LogP contribution in [0.1, 0.15) is 52.9 Å². The summed E-state index contributed by atoms with van der Waals surface area (Å²) in [4.78, 5) is 2.48. The number of nitriles is 1. The molecule has 0 heterocycles. The first-order valence-corrected chi connectivity index (χ1v) is 7.48. The maximum atomic E-state index is 8.78. The summed E-state index contributed by atoms with van der Waals surface area (Å²) >= 11 is 0. The van der Waals surface area contributed by atoms with Gasteiger partial charge in [-0.3, -0.25) is 0 Å². The van der Waals surface area contributed by atoms with Gasteiger partial charge in [0.15, 0.2) is 0 Å². The van der Waals surface area contributed by atoms with Crippen molar-refractivity contribution >= 4 is 0 Å². The van der Waals surface area contributed by atoms with E-state index in [0.29, 0.717) is 11.5 Å². The molecule has 1 N–H and O–H groups in total. The molecule has 1 unspecified atom stereocenters. The van der Waals surface area contributed by atoms with Crippen molar-refractivity contribution in [2.75, 3.05) is 26.2 Å². The molecule has 1 rings (SSSR count). The number of hydrogen-bond acceptors (Lipinski definition) is 3. The molecule has 104 valence electrons. The Bertz CT molecular complexity index is 261. The molecular weight excluding hydrogens is 222 g/mol. The zero-order chi connectivity index (χ0) is 13.4. The monoisotopic (exact) mass is 251 g/mol. The van der Waals surface area contributed by atoms with Crippen molar-refractivity contribution in [3.63, 3.8) is 0 Å². The van der Waals surface area contributed by atoms with E-state index in [-0.39, 0.29) is 0 Å². The van der Waals surface area contributed by atoms with Gasteiger partial charge in [0, 0.05) is 19.0 Å². The molecule has 0 bridgehead atoms. The molecule has 0 aromatic heterocycles. The molecular formula is C15H29N3. The highest BCUT2D eigenvalue weighted by Crippen LogP contribution is 2.47. The van der Waals surface area contributed by atoms with Gasteiger partial charge in [0.2, 0.25) is 0 Å². The third kappa shape index (κ3) is 5.37. The fourth-order valence-corrected chi connectivity index (χ4v) is 2.41. The van der Waals surface area contributed by atoms with Crippen LogP contribution < -0.4 is 5.32 Å². The van der Waals surface area contributed by atoms with E-state index >= 15 is 0 Å². The van der Waals surface area contributed by atoms with Crippen LogP contribution in [0.4, 0.5) is 0 Å². The van der Waals surface area contributed by atoms with Gasteiger partial charge in [-0.05, 0) is 57.7 Å². The van der Waals surface area contributed by atoms with Gasteiger partial charge in [-0.2, -0.15) is 5.26 Å². The third-order valence-corrected chi connectivity index (χ3v) is 4.24. The lowest BCUT2D eigenvalue weighted by Crippen LogP contribution is -2.33. The SMILES string of the molecule is CCN(CC)CCCC(C)NCC1(CC#N)CC1. The number of rotatable bonds is 10. The van der Waals surface area contributed by atoms with E-state index in [0.717, 1.165) is 26.1 Å². The van der Waals surface area contributed by atoms with Crippen molar-refractivity contribution in [2.24, 2.45) is 5.41 Å². The van der Waals surface area contributed by atoms with E-state index in [1.165, 1.54) is 32.2 Å². The quantitative estimate of drug-likeness (QED) is 0.649. The number of hydrogen-bond donors (Lipinski definition) is 1. The van der Waals surface area contributed by atoms with Crippen molar-refractivity contribution in [1.82, 2.24) is 10.2 Å². The lowest BCUT2D eigenvalue weighted by molar-refractivity contribution is 0.288. The summed E-state index contributed by atoms with van der Waals surface area (Å²) in [5, 5.41) is 12.4. The smallest absolute Gasteiger partial charge is 0.0628 e. The van der Waals surface area contributed by atoms with Crippen molar-refractivity contribution in [2.45, 2.75) is 58.9 Å². The maximum Gasteiger partial charge on any atom is 0.0628 e. The van der Waals surface area contributed by atoms with Crippen LogP contribution in [-0.2, 0) is 0 Å². The minimum Gasteiger partial charge on any atom is -0.314 e. The topological polar surface area (TPSA) is 39.1 Å². The minimum atomic E-state index is 0.335. The summed E-state index contributed by atoms with van der Waals surface area (Å²) < 4.78 is 0. The Balaban J connectivity index is 2.07. The van der Waals surface area contributed by atoms with Gasteiger partial charge < -0.3 is 10.2 Å². The Morgan fingerprint density at radius 2 is 2.00 bits per heavy atom. The second-order valence-corrected chi connectivity index (χ2v) is 5.79. The van der Waals surface area contributed by atoms with E-state index in [2.05, 4.69) is 37.1 Å². The van der Waals surface area contributed by atoms with Crippen LogP contribution in [0.5, 0.6) is 0 Å². The van der Waals surface area contributed by atoms with E-state index in [1.807, 2.05) is 0 Å². The molecule has 0 aromatic rings. The summed E-state index contributed by atoms with van der Waals surface area (Å²) in [7, 11) is 0. The average Bonchev–Trinajstić information content (AvgIpc) is 3.13. The molecule has 0 aliphatic heterocycles. The average molecular weight is 251 g/mol. The number of nitrogens with one attached hydrogen (secondary N) is 1. The zero-order valence-electron chi connectivity index (χ0n) is 12.3. The molecule has 0 saturated heterocycles. The Morgan fingerprint density at radius 1 is 1.33 bits per heavy atom. The fraction of sp³-hybridized carbons (Fsp3) is 0.933. The first kappa shape index (κ1) is 15.5. The van der Waals surface area contributed by atoms with Gasteiger partial charge in [0.1, 0.15) is 0 Å². The van der Waals surface area contributed by atoms with Crippen LogP contribution in [-0.4, -0.2) is 37.1 Å². The molecule has 1 atom stereocenters. The van der Waals surface area contributed by atoms with Gasteiger partial charge in [-0.15, -0.1) is 0 Å². The highest BCUT2D eigenvalue weighted by Gasteiger charge is 2.42. The predicted molar refractivity (Wildman–Crippen MR) is 76.4 cm³/mol. The molecule has 1 aliphatic carbocycles. The molecule has 0 radical (unpaired) electrons. The second-order valence-electron chi connectivity index (χ2n) is 5.79. The summed E-state index contributed by atoms with van der Waals surface area (Å²) in [5.74, 6) is 0. The van der Waals surface area contributed by atoms with Crippen LogP contribution in [0, 0.1) is 16.7 Å². The van der Waals surface area contributed by atoms with Gasteiger partial charge in [0.25, 0.3) is 0 Å². The Labute approximate surface area is 113 Å². The molecule has 1 saturated carbocycles. The zero-order valence-corrected chi connectivity index (χ0v) is 12.3. The Kier molecular flexibility index (Phi) is 6.67. The molecule has 3 nitrogen and oxygen atoms in total. The molecule has 0 aromatic carbocycles. The van der Waals surface area contributed by atoms with Crippen molar-refractivity contribution in [3.05, 3.63) is 0 Å². The molecule has 1 aliphatic rings. The third-order valence-electron chi connectivity index (χ3n) is 4.24. The Hall–Kier alpha value is -0.590.